The van der Waals surface area contributed by atoms with Gasteiger partial charge in [-0.15, -0.1) is 0 Å². The van der Waals surface area contributed by atoms with Crippen molar-refractivity contribution in [2.24, 2.45) is 5.41 Å². The molecule has 3 aromatic rings. The molecule has 7 nitrogen and oxygen atoms in total. The molecule has 2 fully saturated rings. The number of hydrogen-bond acceptors (Lipinski definition) is 6. The molecule has 0 atom stereocenters. The maximum Gasteiger partial charge on any atom is 0.229 e. The zero-order valence-electron chi connectivity index (χ0n) is 19.0. The van der Waals surface area contributed by atoms with E-state index < -0.39 is 0 Å². The average molecular weight is 463 g/mol. The molecule has 8 heteroatoms. The molecular weight excluding hydrogens is 435 g/mol. The molecule has 3 aliphatic rings. The van der Waals surface area contributed by atoms with E-state index in [0.717, 1.165) is 55.6 Å². The molecule has 1 amide bonds. The summed E-state index contributed by atoms with van der Waals surface area (Å²) in [4.78, 5) is 27.1. The zero-order chi connectivity index (χ0) is 23.1. The van der Waals surface area contributed by atoms with Crippen LogP contribution in [-0.2, 0) is 22.7 Å². The predicted octanol–water partition coefficient (Wildman–Crippen LogP) is 4.04. The van der Waals surface area contributed by atoms with Crippen LogP contribution in [0, 0.1) is 11.2 Å². The van der Waals surface area contributed by atoms with Crippen molar-refractivity contribution < 1.29 is 18.7 Å². The first kappa shape index (κ1) is 21.3. The van der Waals surface area contributed by atoms with E-state index in [1.807, 2.05) is 35.4 Å². The summed E-state index contributed by atoms with van der Waals surface area (Å²) < 4.78 is 25.2. The number of halogens is 1. The molecule has 4 heterocycles. The molecule has 0 saturated carbocycles. The Bertz CT molecular complexity index is 1240. The van der Waals surface area contributed by atoms with Gasteiger partial charge in [-0.25, -0.2) is 9.37 Å². The fourth-order valence-corrected chi connectivity index (χ4v) is 5.61. The highest BCUT2D eigenvalue weighted by Crippen LogP contribution is 2.42. The summed E-state index contributed by atoms with van der Waals surface area (Å²) in [5.41, 5.74) is 2.81. The molecule has 0 aliphatic carbocycles. The third-order valence-corrected chi connectivity index (χ3v) is 7.42. The standard InChI is InChI=1S/C26H27FN4O3/c27-20-12-18(24-19(13-20)16-33-17-34-24)15-31-9-3-6-26(25(31)32)7-10-30(11-8-26)23-14-28-21-4-1-2-5-22(21)29-23/h1-2,4-5,12-14H,3,6-11,15-17H2. The maximum absolute atomic E-state index is 14.2. The van der Waals surface area contributed by atoms with Crippen molar-refractivity contribution in [1.29, 1.82) is 0 Å². The number of hydrogen-bond donors (Lipinski definition) is 0. The Kier molecular flexibility index (Phi) is 5.32. The van der Waals surface area contributed by atoms with E-state index in [2.05, 4.69) is 9.88 Å². The summed E-state index contributed by atoms with van der Waals surface area (Å²) in [6, 6.07) is 10.8. The van der Waals surface area contributed by atoms with Gasteiger partial charge in [0.25, 0.3) is 0 Å². The van der Waals surface area contributed by atoms with Gasteiger partial charge in [-0.3, -0.25) is 9.78 Å². The minimum Gasteiger partial charge on any atom is -0.467 e. The van der Waals surface area contributed by atoms with Crippen LogP contribution in [-0.4, -0.2) is 47.2 Å². The van der Waals surface area contributed by atoms with Crippen LogP contribution in [0.5, 0.6) is 5.75 Å². The maximum atomic E-state index is 14.2. The highest BCUT2D eigenvalue weighted by Gasteiger charge is 2.46. The Hall–Kier alpha value is -3.26. The monoisotopic (exact) mass is 462 g/mol. The SMILES string of the molecule is O=C1N(Cc2cc(F)cc3c2OCOC3)CCCC12CCN(c1cnc3ccccc3n1)CC2. The van der Waals surface area contributed by atoms with E-state index in [0.29, 0.717) is 36.6 Å². The van der Waals surface area contributed by atoms with E-state index >= 15 is 0 Å². The number of aromatic nitrogens is 2. The second-order valence-electron chi connectivity index (χ2n) is 9.48. The second-order valence-corrected chi connectivity index (χ2v) is 9.48. The predicted molar refractivity (Wildman–Crippen MR) is 125 cm³/mol. The zero-order valence-corrected chi connectivity index (χ0v) is 19.0. The molecule has 0 N–H and O–H groups in total. The van der Waals surface area contributed by atoms with Crippen LogP contribution in [0.4, 0.5) is 10.2 Å². The summed E-state index contributed by atoms with van der Waals surface area (Å²) in [6.07, 6.45) is 5.23. The van der Waals surface area contributed by atoms with E-state index in [4.69, 9.17) is 14.5 Å². The average Bonchev–Trinajstić information content (AvgIpc) is 2.87. The molecule has 3 aliphatic heterocycles. The van der Waals surface area contributed by atoms with Gasteiger partial charge < -0.3 is 19.3 Å². The Labute approximate surface area is 197 Å². The Morgan fingerprint density at radius 3 is 2.74 bits per heavy atom. The van der Waals surface area contributed by atoms with Crippen LogP contribution in [0.15, 0.2) is 42.6 Å². The summed E-state index contributed by atoms with van der Waals surface area (Å²) in [7, 11) is 0. The van der Waals surface area contributed by atoms with Gasteiger partial charge in [0.1, 0.15) is 17.4 Å². The van der Waals surface area contributed by atoms with Gasteiger partial charge in [0.2, 0.25) is 5.91 Å². The largest absolute Gasteiger partial charge is 0.467 e. The van der Waals surface area contributed by atoms with Crippen LogP contribution >= 0.6 is 0 Å². The van der Waals surface area contributed by atoms with Crippen molar-refractivity contribution in [3.8, 4) is 5.75 Å². The minimum atomic E-state index is -0.365. The molecule has 2 aromatic carbocycles. The number of amides is 1. The third kappa shape index (κ3) is 3.76. The Morgan fingerprint density at radius 2 is 1.88 bits per heavy atom. The lowest BCUT2D eigenvalue weighted by molar-refractivity contribution is -0.148. The molecular formula is C26H27FN4O3. The number of ether oxygens (including phenoxy) is 2. The number of fused-ring (bicyclic) bond motifs is 2. The van der Waals surface area contributed by atoms with Crippen molar-refractivity contribution in [2.75, 3.05) is 31.3 Å². The number of likely N-dealkylation sites (tertiary alicyclic amines) is 1. The minimum absolute atomic E-state index is 0.150. The van der Waals surface area contributed by atoms with Gasteiger partial charge in [-0.05, 0) is 49.9 Å². The number of anilines is 1. The highest BCUT2D eigenvalue weighted by molar-refractivity contribution is 5.84. The first-order valence-corrected chi connectivity index (χ1v) is 11.9. The van der Waals surface area contributed by atoms with Crippen LogP contribution in [0.1, 0.15) is 36.8 Å². The number of piperidine rings is 2. The number of para-hydroxylation sites is 2. The summed E-state index contributed by atoms with van der Waals surface area (Å²) in [5.74, 6) is 1.36. The third-order valence-electron chi connectivity index (χ3n) is 7.42. The van der Waals surface area contributed by atoms with Crippen LogP contribution < -0.4 is 9.64 Å². The van der Waals surface area contributed by atoms with E-state index in [-0.39, 0.29) is 23.9 Å². The molecule has 34 heavy (non-hydrogen) atoms. The number of nitrogens with zero attached hydrogens (tertiary/aromatic N) is 4. The van der Waals surface area contributed by atoms with Crippen molar-refractivity contribution >= 4 is 22.8 Å². The molecule has 1 spiro atoms. The fraction of sp³-hybridized carbons (Fsp3) is 0.423. The van der Waals surface area contributed by atoms with Crippen LogP contribution in [0.25, 0.3) is 11.0 Å². The quantitative estimate of drug-likeness (QED) is 0.585. The normalized spacial score (nSPS) is 19.9. The second kappa shape index (κ2) is 8.51. The van der Waals surface area contributed by atoms with Crippen LogP contribution in [0.3, 0.4) is 0 Å². The number of carbonyl (C=O) groups excluding carboxylic acids is 1. The van der Waals surface area contributed by atoms with Crippen molar-refractivity contribution in [1.82, 2.24) is 14.9 Å². The van der Waals surface area contributed by atoms with E-state index in [1.165, 1.54) is 12.1 Å². The smallest absolute Gasteiger partial charge is 0.229 e. The number of rotatable bonds is 3. The lowest BCUT2D eigenvalue weighted by atomic mass is 9.71. The van der Waals surface area contributed by atoms with Gasteiger partial charge >= 0.3 is 0 Å². The fourth-order valence-electron chi connectivity index (χ4n) is 5.61. The van der Waals surface area contributed by atoms with E-state index in [9.17, 15) is 9.18 Å². The number of carbonyl (C=O) groups is 1. The first-order chi connectivity index (χ1) is 16.6. The molecule has 0 radical (unpaired) electrons. The van der Waals surface area contributed by atoms with Crippen molar-refractivity contribution in [3.05, 3.63) is 59.5 Å². The summed E-state index contributed by atoms with van der Waals surface area (Å²) in [6.45, 7) is 3.05. The van der Waals surface area contributed by atoms with Crippen molar-refractivity contribution in [3.63, 3.8) is 0 Å². The molecule has 176 valence electrons. The van der Waals surface area contributed by atoms with Crippen LogP contribution in [0.2, 0.25) is 0 Å². The van der Waals surface area contributed by atoms with Crippen molar-refractivity contribution in [2.45, 2.75) is 38.8 Å². The van der Waals surface area contributed by atoms with E-state index in [1.54, 1.807) is 0 Å². The molecule has 0 bridgehead atoms. The molecule has 1 aromatic heterocycles. The lowest BCUT2D eigenvalue weighted by Gasteiger charge is -2.46. The topological polar surface area (TPSA) is 67.8 Å². The Balaban J connectivity index is 1.18. The van der Waals surface area contributed by atoms with Gasteiger partial charge in [0.15, 0.2) is 6.79 Å². The van der Waals surface area contributed by atoms with Gasteiger partial charge in [0.05, 0.1) is 29.3 Å². The number of benzene rings is 2. The molecule has 2 saturated heterocycles. The van der Waals surface area contributed by atoms with Gasteiger partial charge in [0, 0.05) is 37.3 Å². The highest BCUT2D eigenvalue weighted by atomic mass is 19.1. The summed E-state index contributed by atoms with van der Waals surface area (Å²) in [5, 5.41) is 0. The van der Waals surface area contributed by atoms with Gasteiger partial charge in [-0.1, -0.05) is 12.1 Å². The summed E-state index contributed by atoms with van der Waals surface area (Å²) >= 11 is 0. The molecule has 0 unspecified atom stereocenters. The lowest BCUT2D eigenvalue weighted by Crippen LogP contribution is -2.53. The Morgan fingerprint density at radius 1 is 1.06 bits per heavy atom. The first-order valence-electron chi connectivity index (χ1n) is 11.9. The molecule has 6 rings (SSSR count). The van der Waals surface area contributed by atoms with Gasteiger partial charge in [-0.2, -0.15) is 0 Å².